The largest absolute Gasteiger partial charge is 0.496 e. The van der Waals surface area contributed by atoms with Crippen molar-refractivity contribution in [3.63, 3.8) is 0 Å². The number of morpholine rings is 1. The number of aromatic nitrogens is 2. The van der Waals surface area contributed by atoms with Crippen LogP contribution in [0.15, 0.2) is 36.7 Å². The summed E-state index contributed by atoms with van der Waals surface area (Å²) in [6.07, 6.45) is 1.39. The highest BCUT2D eigenvalue weighted by molar-refractivity contribution is 6.31. The number of benzene rings is 2. The monoisotopic (exact) mass is 516 g/mol. The summed E-state index contributed by atoms with van der Waals surface area (Å²) < 4.78 is 25.3. The molecule has 0 radical (unpaired) electrons. The highest BCUT2D eigenvalue weighted by Crippen LogP contribution is 2.31. The summed E-state index contributed by atoms with van der Waals surface area (Å²) in [6, 6.07) is 7.94. The SMILES string of the molecule is COc1cc2ncnc(Nc3cccc(Cl)c3F)c2cc1CNC(=O)[C@H](C)NCCN1CCOCC1. The summed E-state index contributed by atoms with van der Waals surface area (Å²) in [5, 5.41) is 9.88. The summed E-state index contributed by atoms with van der Waals surface area (Å²) in [5.74, 6) is 0.300. The standard InChI is InChI=1S/C25H30ClFN6O3/c1-16(28-6-7-33-8-10-36-11-9-33)25(34)29-14-17-12-18-21(13-22(17)35-2)30-15-31-24(18)32-20-5-3-4-19(26)23(20)27/h3-5,12-13,15-16,28H,6-11,14H2,1-2H3,(H,29,34)(H,30,31,32)/t16-/m0/s1. The number of amides is 1. The van der Waals surface area contributed by atoms with E-state index in [0.29, 0.717) is 29.0 Å². The molecular formula is C25H30ClFN6O3. The van der Waals surface area contributed by atoms with Crippen molar-refractivity contribution in [2.45, 2.75) is 19.5 Å². The van der Waals surface area contributed by atoms with E-state index < -0.39 is 5.82 Å². The van der Waals surface area contributed by atoms with Gasteiger partial charge in [0, 0.05) is 49.7 Å². The Hall–Kier alpha value is -3.05. The Kier molecular flexibility index (Phi) is 8.87. The van der Waals surface area contributed by atoms with Gasteiger partial charge in [-0.2, -0.15) is 0 Å². The van der Waals surface area contributed by atoms with Gasteiger partial charge in [-0.3, -0.25) is 9.69 Å². The van der Waals surface area contributed by atoms with Crippen LogP contribution in [0.3, 0.4) is 0 Å². The van der Waals surface area contributed by atoms with Crippen LogP contribution in [-0.4, -0.2) is 73.3 Å². The zero-order valence-corrected chi connectivity index (χ0v) is 21.1. The van der Waals surface area contributed by atoms with Gasteiger partial charge in [-0.25, -0.2) is 14.4 Å². The predicted octanol–water partition coefficient (Wildman–Crippen LogP) is 3.10. The Bertz CT molecular complexity index is 1210. The van der Waals surface area contributed by atoms with Crippen LogP contribution in [-0.2, 0) is 16.1 Å². The van der Waals surface area contributed by atoms with E-state index in [4.69, 9.17) is 21.1 Å². The van der Waals surface area contributed by atoms with Crippen molar-refractivity contribution < 1.29 is 18.7 Å². The molecular weight excluding hydrogens is 487 g/mol. The van der Waals surface area contributed by atoms with Crippen molar-refractivity contribution in [1.29, 1.82) is 0 Å². The fourth-order valence-electron chi connectivity index (χ4n) is 3.98. The van der Waals surface area contributed by atoms with Crippen molar-refractivity contribution in [3.8, 4) is 5.75 Å². The summed E-state index contributed by atoms with van der Waals surface area (Å²) in [5.41, 5.74) is 1.55. The predicted molar refractivity (Wildman–Crippen MR) is 137 cm³/mol. The maximum Gasteiger partial charge on any atom is 0.237 e. The highest BCUT2D eigenvalue weighted by Gasteiger charge is 2.17. The summed E-state index contributed by atoms with van der Waals surface area (Å²) >= 11 is 5.91. The molecule has 9 nitrogen and oxygen atoms in total. The molecule has 1 fully saturated rings. The van der Waals surface area contributed by atoms with Gasteiger partial charge in [-0.1, -0.05) is 17.7 Å². The number of nitrogens with zero attached hydrogens (tertiary/aromatic N) is 3. The van der Waals surface area contributed by atoms with Crippen molar-refractivity contribution >= 4 is 39.9 Å². The second-order valence-electron chi connectivity index (χ2n) is 8.48. The van der Waals surface area contributed by atoms with E-state index in [1.807, 2.05) is 13.0 Å². The van der Waals surface area contributed by atoms with Crippen LogP contribution < -0.4 is 20.7 Å². The number of carbonyl (C=O) groups excluding carboxylic acids is 1. The molecule has 1 aliphatic rings. The second-order valence-corrected chi connectivity index (χ2v) is 8.88. The van der Waals surface area contributed by atoms with Crippen LogP contribution in [0.4, 0.5) is 15.9 Å². The molecule has 3 aromatic rings. The lowest BCUT2D eigenvalue weighted by Gasteiger charge is -2.27. The summed E-state index contributed by atoms with van der Waals surface area (Å²) in [4.78, 5) is 23.6. The average molecular weight is 517 g/mol. The fourth-order valence-corrected chi connectivity index (χ4v) is 4.15. The molecule has 1 amide bonds. The first-order valence-electron chi connectivity index (χ1n) is 11.8. The van der Waals surface area contributed by atoms with Gasteiger partial charge in [0.25, 0.3) is 0 Å². The number of fused-ring (bicyclic) bond motifs is 1. The molecule has 0 aliphatic carbocycles. The Labute approximate surface area is 214 Å². The lowest BCUT2D eigenvalue weighted by molar-refractivity contribution is -0.122. The first-order chi connectivity index (χ1) is 17.5. The minimum absolute atomic E-state index is 0.0103. The van der Waals surface area contributed by atoms with E-state index in [2.05, 4.69) is 30.8 Å². The minimum Gasteiger partial charge on any atom is -0.496 e. The third-order valence-corrected chi connectivity index (χ3v) is 6.36. The normalized spacial score (nSPS) is 15.0. The smallest absolute Gasteiger partial charge is 0.237 e. The van der Waals surface area contributed by atoms with Gasteiger partial charge < -0.3 is 25.4 Å². The van der Waals surface area contributed by atoms with E-state index >= 15 is 0 Å². The summed E-state index contributed by atoms with van der Waals surface area (Å²) in [6.45, 7) is 6.97. The molecule has 0 spiro atoms. The number of carbonyl (C=O) groups is 1. The topological polar surface area (TPSA) is 101 Å². The van der Waals surface area contributed by atoms with E-state index in [9.17, 15) is 9.18 Å². The average Bonchev–Trinajstić information content (AvgIpc) is 2.90. The molecule has 0 saturated carbocycles. The first-order valence-corrected chi connectivity index (χ1v) is 12.2. The van der Waals surface area contributed by atoms with Gasteiger partial charge in [-0.05, 0) is 25.1 Å². The van der Waals surface area contributed by atoms with E-state index in [1.165, 1.54) is 12.4 Å². The van der Waals surface area contributed by atoms with E-state index in [0.717, 1.165) is 38.4 Å². The number of halogens is 2. The Morgan fingerprint density at radius 3 is 2.86 bits per heavy atom. The van der Waals surface area contributed by atoms with Gasteiger partial charge >= 0.3 is 0 Å². The van der Waals surface area contributed by atoms with Crippen LogP contribution in [0.2, 0.25) is 5.02 Å². The molecule has 11 heteroatoms. The third-order valence-electron chi connectivity index (χ3n) is 6.07. The Morgan fingerprint density at radius 1 is 1.28 bits per heavy atom. The first kappa shape index (κ1) is 26.0. The van der Waals surface area contributed by atoms with Gasteiger partial charge in [0.15, 0.2) is 5.82 Å². The highest BCUT2D eigenvalue weighted by atomic mass is 35.5. The van der Waals surface area contributed by atoms with Crippen molar-refractivity contribution in [2.24, 2.45) is 0 Å². The fraction of sp³-hybridized carbons (Fsp3) is 0.400. The molecule has 3 N–H and O–H groups in total. The number of ether oxygens (including phenoxy) is 2. The molecule has 1 saturated heterocycles. The van der Waals surface area contributed by atoms with Gasteiger partial charge in [0.2, 0.25) is 5.91 Å². The molecule has 0 unspecified atom stereocenters. The lowest BCUT2D eigenvalue weighted by atomic mass is 10.1. The number of hydrogen-bond acceptors (Lipinski definition) is 8. The van der Waals surface area contributed by atoms with Crippen LogP contribution >= 0.6 is 11.6 Å². The Morgan fingerprint density at radius 2 is 2.08 bits per heavy atom. The van der Waals surface area contributed by atoms with Crippen LogP contribution in [0.1, 0.15) is 12.5 Å². The number of hydrogen-bond donors (Lipinski definition) is 3. The van der Waals surface area contributed by atoms with E-state index in [1.54, 1.807) is 25.3 Å². The lowest BCUT2D eigenvalue weighted by Crippen LogP contribution is -2.46. The third kappa shape index (κ3) is 6.38. The van der Waals surface area contributed by atoms with Crippen LogP contribution in [0.5, 0.6) is 5.75 Å². The van der Waals surface area contributed by atoms with Crippen LogP contribution in [0.25, 0.3) is 10.9 Å². The number of methoxy groups -OCH3 is 1. The maximum atomic E-state index is 14.4. The van der Waals surface area contributed by atoms with Crippen molar-refractivity contribution in [1.82, 2.24) is 25.5 Å². The van der Waals surface area contributed by atoms with Gasteiger partial charge in [0.1, 0.15) is 17.9 Å². The van der Waals surface area contributed by atoms with Gasteiger partial charge in [0.05, 0.1) is 42.6 Å². The zero-order chi connectivity index (χ0) is 25.5. The molecule has 1 aliphatic heterocycles. The number of rotatable bonds is 10. The number of nitrogens with one attached hydrogen (secondary N) is 3. The quantitative estimate of drug-likeness (QED) is 0.378. The van der Waals surface area contributed by atoms with Crippen LogP contribution in [0, 0.1) is 5.82 Å². The minimum atomic E-state index is -0.568. The molecule has 0 bridgehead atoms. The molecule has 36 heavy (non-hydrogen) atoms. The maximum absolute atomic E-state index is 14.4. The molecule has 2 heterocycles. The number of anilines is 2. The van der Waals surface area contributed by atoms with Crippen molar-refractivity contribution in [3.05, 3.63) is 53.1 Å². The molecule has 4 rings (SSSR count). The second kappa shape index (κ2) is 12.3. The Balaban J connectivity index is 1.43. The molecule has 192 valence electrons. The van der Waals surface area contributed by atoms with Gasteiger partial charge in [-0.15, -0.1) is 0 Å². The molecule has 1 aromatic heterocycles. The van der Waals surface area contributed by atoms with Crippen molar-refractivity contribution in [2.75, 3.05) is 51.8 Å². The van der Waals surface area contributed by atoms with E-state index in [-0.39, 0.29) is 29.2 Å². The zero-order valence-electron chi connectivity index (χ0n) is 20.3. The summed E-state index contributed by atoms with van der Waals surface area (Å²) in [7, 11) is 1.56. The molecule has 1 atom stereocenters. The molecule has 2 aromatic carbocycles.